The summed E-state index contributed by atoms with van der Waals surface area (Å²) in [5.41, 5.74) is 2.05. The third-order valence-electron chi connectivity index (χ3n) is 4.35. The van der Waals surface area contributed by atoms with E-state index in [4.69, 9.17) is 15.1 Å². The average molecular weight is 370 g/mol. The van der Waals surface area contributed by atoms with Gasteiger partial charge in [-0.25, -0.2) is 13.6 Å². The number of hydrogen-bond acceptors (Lipinski definition) is 3. The summed E-state index contributed by atoms with van der Waals surface area (Å²) < 4.78 is 33.4. The zero-order valence-corrected chi connectivity index (χ0v) is 14.3. The van der Waals surface area contributed by atoms with Crippen molar-refractivity contribution in [3.63, 3.8) is 0 Å². The molecule has 1 heterocycles. The van der Waals surface area contributed by atoms with Crippen molar-refractivity contribution in [3.8, 4) is 11.8 Å². The van der Waals surface area contributed by atoms with Gasteiger partial charge in [0.2, 0.25) is 0 Å². The summed E-state index contributed by atoms with van der Waals surface area (Å²) in [5, 5.41) is 17.7. The summed E-state index contributed by atoms with van der Waals surface area (Å²) >= 11 is 0. The average Bonchev–Trinajstić information content (AvgIpc) is 2.68. The Morgan fingerprint density at radius 2 is 2.04 bits per heavy atom. The smallest absolute Gasteiger partial charge is 0.407 e. The second-order valence-electron chi connectivity index (χ2n) is 6.06. The Balaban J connectivity index is 1.75. The molecule has 0 aliphatic carbocycles. The van der Waals surface area contributed by atoms with E-state index < -0.39 is 17.7 Å². The number of ether oxygens (including phenoxy) is 1. The number of benzene rings is 2. The first-order valence-corrected chi connectivity index (χ1v) is 8.26. The summed E-state index contributed by atoms with van der Waals surface area (Å²) in [7, 11) is 0. The summed E-state index contributed by atoms with van der Waals surface area (Å²) in [6.07, 6.45) is 1.33. The van der Waals surface area contributed by atoms with Gasteiger partial charge in [0.1, 0.15) is 12.4 Å². The van der Waals surface area contributed by atoms with E-state index in [2.05, 4.69) is 0 Å². The number of nitriles is 1. The molecule has 0 unspecified atom stereocenters. The molecule has 0 radical (unpaired) electrons. The van der Waals surface area contributed by atoms with E-state index in [1.807, 2.05) is 6.07 Å². The minimum absolute atomic E-state index is 0.0159. The van der Waals surface area contributed by atoms with Crippen LogP contribution in [-0.4, -0.2) is 29.2 Å². The molecule has 1 N–H and O–H groups in total. The number of rotatable bonds is 4. The van der Waals surface area contributed by atoms with Crippen LogP contribution in [0.15, 0.2) is 42.5 Å². The summed E-state index contributed by atoms with van der Waals surface area (Å²) in [6.45, 7) is 0.462. The Labute approximate surface area is 154 Å². The molecule has 1 aliphatic heterocycles. The Morgan fingerprint density at radius 3 is 2.67 bits per heavy atom. The molecule has 7 heteroatoms. The largest absolute Gasteiger partial charge is 0.486 e. The fourth-order valence-electron chi connectivity index (χ4n) is 2.81. The van der Waals surface area contributed by atoms with Gasteiger partial charge in [-0.2, -0.15) is 5.26 Å². The molecule has 2 aromatic carbocycles. The highest BCUT2D eigenvalue weighted by Crippen LogP contribution is 2.28. The van der Waals surface area contributed by atoms with Crippen molar-refractivity contribution in [1.29, 1.82) is 5.26 Å². The van der Waals surface area contributed by atoms with Gasteiger partial charge in [0.25, 0.3) is 0 Å². The molecule has 138 valence electrons. The molecule has 0 spiro atoms. The maximum Gasteiger partial charge on any atom is 0.407 e. The third-order valence-corrected chi connectivity index (χ3v) is 4.35. The van der Waals surface area contributed by atoms with Crippen molar-refractivity contribution in [2.75, 3.05) is 13.1 Å². The van der Waals surface area contributed by atoms with Crippen LogP contribution in [0.3, 0.4) is 0 Å². The molecule has 1 aliphatic rings. The topological polar surface area (TPSA) is 73.6 Å². The van der Waals surface area contributed by atoms with Gasteiger partial charge in [0.15, 0.2) is 11.6 Å². The van der Waals surface area contributed by atoms with Crippen LogP contribution >= 0.6 is 0 Å². The van der Waals surface area contributed by atoms with Crippen molar-refractivity contribution >= 4 is 11.7 Å². The Morgan fingerprint density at radius 1 is 1.22 bits per heavy atom. The van der Waals surface area contributed by atoms with Gasteiger partial charge in [0.05, 0.1) is 11.6 Å². The predicted molar refractivity (Wildman–Crippen MR) is 94.0 cm³/mol. The lowest BCUT2D eigenvalue weighted by atomic mass is 9.99. The molecule has 0 atom stereocenters. The zero-order valence-electron chi connectivity index (χ0n) is 14.3. The minimum atomic E-state index is -0.974. The van der Waals surface area contributed by atoms with Gasteiger partial charge in [-0.3, -0.25) is 0 Å². The fraction of sp³-hybridized carbons (Fsp3) is 0.200. The van der Waals surface area contributed by atoms with Gasteiger partial charge in [-0.15, -0.1) is 0 Å². The van der Waals surface area contributed by atoms with Crippen molar-refractivity contribution < 1.29 is 23.4 Å². The second kappa shape index (κ2) is 7.87. The highest BCUT2D eigenvalue weighted by molar-refractivity contribution is 5.71. The minimum Gasteiger partial charge on any atom is -0.486 e. The van der Waals surface area contributed by atoms with Crippen LogP contribution in [0.5, 0.6) is 5.75 Å². The lowest BCUT2D eigenvalue weighted by Crippen LogP contribution is -2.33. The van der Waals surface area contributed by atoms with Gasteiger partial charge in [-0.05, 0) is 41.8 Å². The normalized spacial score (nSPS) is 13.7. The molecule has 2 aromatic rings. The number of hydrogen-bond donors (Lipinski definition) is 1. The summed E-state index contributed by atoms with van der Waals surface area (Å²) in [6, 6.07) is 10.2. The maximum atomic E-state index is 14.1. The van der Waals surface area contributed by atoms with Crippen LogP contribution in [0.25, 0.3) is 5.57 Å². The third kappa shape index (κ3) is 4.23. The van der Waals surface area contributed by atoms with Crippen molar-refractivity contribution in [2.45, 2.75) is 13.0 Å². The van der Waals surface area contributed by atoms with Crippen molar-refractivity contribution in [2.24, 2.45) is 0 Å². The van der Waals surface area contributed by atoms with E-state index in [1.54, 1.807) is 12.1 Å². The first-order chi connectivity index (χ1) is 13.0. The Hall–Kier alpha value is -3.40. The van der Waals surface area contributed by atoms with Gasteiger partial charge < -0.3 is 14.7 Å². The molecule has 27 heavy (non-hydrogen) atoms. The number of halogens is 2. The predicted octanol–water partition coefficient (Wildman–Crippen LogP) is 4.18. The summed E-state index contributed by atoms with van der Waals surface area (Å²) in [4.78, 5) is 12.3. The van der Waals surface area contributed by atoms with Crippen LogP contribution in [0.1, 0.15) is 23.1 Å². The van der Waals surface area contributed by atoms with Gasteiger partial charge in [0, 0.05) is 18.7 Å². The van der Waals surface area contributed by atoms with Gasteiger partial charge in [-0.1, -0.05) is 18.2 Å². The molecular weight excluding hydrogens is 354 g/mol. The van der Waals surface area contributed by atoms with Crippen LogP contribution < -0.4 is 4.74 Å². The van der Waals surface area contributed by atoms with E-state index in [1.165, 1.54) is 29.2 Å². The number of carboxylic acid groups (broad SMARTS) is 1. The van der Waals surface area contributed by atoms with Crippen LogP contribution in [0.4, 0.5) is 13.6 Å². The van der Waals surface area contributed by atoms with Crippen LogP contribution in [0.2, 0.25) is 0 Å². The lowest BCUT2D eigenvalue weighted by Gasteiger charge is -2.24. The highest BCUT2D eigenvalue weighted by atomic mass is 19.1. The van der Waals surface area contributed by atoms with E-state index >= 15 is 0 Å². The van der Waals surface area contributed by atoms with Gasteiger partial charge >= 0.3 is 6.09 Å². The Kier molecular flexibility index (Phi) is 5.36. The molecule has 1 amide bonds. The van der Waals surface area contributed by atoms with E-state index in [-0.39, 0.29) is 30.0 Å². The second-order valence-corrected chi connectivity index (χ2v) is 6.06. The van der Waals surface area contributed by atoms with Crippen molar-refractivity contribution in [3.05, 3.63) is 70.8 Å². The maximum absolute atomic E-state index is 14.1. The SMILES string of the molecule is N#Cc1ccc(COc2cc(C3=CCN(C(=O)O)CC3)ccc2F)c(F)c1. The van der Waals surface area contributed by atoms with Crippen LogP contribution in [-0.2, 0) is 6.61 Å². The number of amides is 1. The van der Waals surface area contributed by atoms with Crippen LogP contribution in [0, 0.1) is 23.0 Å². The molecule has 0 saturated carbocycles. The molecule has 5 nitrogen and oxygen atoms in total. The lowest BCUT2D eigenvalue weighted by molar-refractivity contribution is 0.150. The first kappa shape index (κ1) is 18.4. The number of carbonyl (C=O) groups is 1. The highest BCUT2D eigenvalue weighted by Gasteiger charge is 2.18. The molecule has 0 bridgehead atoms. The fourth-order valence-corrected chi connectivity index (χ4v) is 2.81. The molecule has 0 aromatic heterocycles. The monoisotopic (exact) mass is 370 g/mol. The van der Waals surface area contributed by atoms with E-state index in [0.717, 1.165) is 17.2 Å². The van der Waals surface area contributed by atoms with E-state index in [0.29, 0.717) is 13.0 Å². The first-order valence-electron chi connectivity index (χ1n) is 8.26. The number of nitrogens with zero attached hydrogens (tertiary/aromatic N) is 2. The summed E-state index contributed by atoms with van der Waals surface area (Å²) in [5.74, 6) is -1.18. The molecule has 3 rings (SSSR count). The quantitative estimate of drug-likeness (QED) is 0.876. The standard InChI is InChI=1S/C20H16F2N2O3/c21-17-4-3-15(14-5-7-24(8-6-14)20(25)26)10-19(17)27-12-16-2-1-13(11-23)9-18(16)22/h1-5,9-10H,6-8,12H2,(H,25,26). The zero-order chi connectivity index (χ0) is 19.4. The van der Waals surface area contributed by atoms with E-state index in [9.17, 15) is 13.6 Å². The molecule has 0 fully saturated rings. The Bertz CT molecular complexity index is 951. The molecule has 0 saturated heterocycles. The van der Waals surface area contributed by atoms with Crippen molar-refractivity contribution in [1.82, 2.24) is 4.90 Å². The molecular formula is C20H16F2N2O3.